The van der Waals surface area contributed by atoms with Crippen LogP contribution < -0.4 is 4.74 Å². The summed E-state index contributed by atoms with van der Waals surface area (Å²) >= 11 is 0. The molecule has 2 aromatic rings. The molecule has 1 aliphatic heterocycles. The summed E-state index contributed by atoms with van der Waals surface area (Å²) in [6, 6.07) is 7.65. The maximum absolute atomic E-state index is 12.8. The molecule has 2 heterocycles. The van der Waals surface area contributed by atoms with E-state index in [1.165, 1.54) is 0 Å². The Bertz CT molecular complexity index is 739. The van der Waals surface area contributed by atoms with E-state index in [1.807, 2.05) is 29.2 Å². The van der Waals surface area contributed by atoms with Gasteiger partial charge in [-0.05, 0) is 37.0 Å². The largest absolute Gasteiger partial charge is 0.497 e. The highest BCUT2D eigenvalue weighted by Crippen LogP contribution is 2.37. The standard InChI is InChI=1S/C18H22N2O3/c1-23-13-6-5-11-7-16(19-15(11)8-13)18(22)20-9-12-3-2-4-17(21)14(12)10-20/h5-8,12,14,17,19,21H,2-4,9-10H2,1H3/t12-,14+,17-/m1/s1. The lowest BCUT2D eigenvalue weighted by molar-refractivity contribution is 0.0539. The molecule has 0 radical (unpaired) electrons. The fourth-order valence-electron chi connectivity index (χ4n) is 4.13. The van der Waals surface area contributed by atoms with E-state index >= 15 is 0 Å². The number of likely N-dealkylation sites (tertiary alicyclic amines) is 1. The van der Waals surface area contributed by atoms with Crippen LogP contribution in [0.2, 0.25) is 0 Å². The molecule has 3 atom stereocenters. The van der Waals surface area contributed by atoms with Crippen LogP contribution in [-0.2, 0) is 0 Å². The van der Waals surface area contributed by atoms with Crippen molar-refractivity contribution in [3.05, 3.63) is 30.0 Å². The number of carbonyl (C=O) groups excluding carboxylic acids is 1. The summed E-state index contributed by atoms with van der Waals surface area (Å²) in [6.07, 6.45) is 2.81. The number of nitrogens with one attached hydrogen (secondary N) is 1. The molecule has 0 spiro atoms. The summed E-state index contributed by atoms with van der Waals surface area (Å²) < 4.78 is 5.22. The van der Waals surface area contributed by atoms with Crippen molar-refractivity contribution in [3.63, 3.8) is 0 Å². The second-order valence-electron chi connectivity index (χ2n) is 6.77. The van der Waals surface area contributed by atoms with Crippen LogP contribution in [-0.4, -0.2) is 47.2 Å². The number of H-pyrrole nitrogens is 1. The van der Waals surface area contributed by atoms with Crippen LogP contribution >= 0.6 is 0 Å². The van der Waals surface area contributed by atoms with E-state index in [-0.39, 0.29) is 17.9 Å². The zero-order valence-corrected chi connectivity index (χ0v) is 13.3. The first-order valence-electron chi connectivity index (χ1n) is 8.30. The second-order valence-corrected chi connectivity index (χ2v) is 6.77. The summed E-state index contributed by atoms with van der Waals surface area (Å²) in [7, 11) is 1.63. The number of rotatable bonds is 2. The SMILES string of the molecule is COc1ccc2cc(C(=O)N3C[C@H]4CCC[C@@H](O)[C@H]4C3)[nH]c2c1. The first kappa shape index (κ1) is 14.6. The highest BCUT2D eigenvalue weighted by Gasteiger charge is 2.41. The summed E-state index contributed by atoms with van der Waals surface area (Å²) in [6.45, 7) is 1.43. The number of benzene rings is 1. The molecule has 4 rings (SSSR count). The summed E-state index contributed by atoms with van der Waals surface area (Å²) in [5.41, 5.74) is 1.52. The van der Waals surface area contributed by atoms with Gasteiger partial charge in [-0.15, -0.1) is 0 Å². The Hall–Kier alpha value is -2.01. The molecule has 0 unspecified atom stereocenters. The van der Waals surface area contributed by atoms with Crippen LogP contribution in [0.4, 0.5) is 0 Å². The number of aromatic nitrogens is 1. The third kappa shape index (κ3) is 2.49. The quantitative estimate of drug-likeness (QED) is 0.894. The molecule has 1 aromatic heterocycles. The normalized spacial score (nSPS) is 27.2. The van der Waals surface area contributed by atoms with Crippen LogP contribution in [0.15, 0.2) is 24.3 Å². The van der Waals surface area contributed by atoms with Crippen LogP contribution in [0.3, 0.4) is 0 Å². The van der Waals surface area contributed by atoms with Crippen molar-refractivity contribution in [2.45, 2.75) is 25.4 Å². The Morgan fingerprint density at radius 3 is 2.96 bits per heavy atom. The number of nitrogens with zero attached hydrogens (tertiary/aromatic N) is 1. The van der Waals surface area contributed by atoms with E-state index in [4.69, 9.17) is 4.74 Å². The van der Waals surface area contributed by atoms with Crippen molar-refractivity contribution in [1.29, 1.82) is 0 Å². The zero-order valence-electron chi connectivity index (χ0n) is 13.3. The van der Waals surface area contributed by atoms with E-state index in [0.29, 0.717) is 18.2 Å². The molecule has 2 N–H and O–H groups in total. The molecular formula is C18H22N2O3. The minimum Gasteiger partial charge on any atom is -0.497 e. The number of aromatic amines is 1. The predicted molar refractivity (Wildman–Crippen MR) is 87.6 cm³/mol. The van der Waals surface area contributed by atoms with Gasteiger partial charge in [-0.3, -0.25) is 4.79 Å². The topological polar surface area (TPSA) is 65.6 Å². The van der Waals surface area contributed by atoms with Crippen molar-refractivity contribution < 1.29 is 14.6 Å². The van der Waals surface area contributed by atoms with E-state index in [1.54, 1.807) is 7.11 Å². The number of carbonyl (C=O) groups is 1. The number of fused-ring (bicyclic) bond motifs is 2. The monoisotopic (exact) mass is 314 g/mol. The number of hydrogen-bond acceptors (Lipinski definition) is 3. The lowest BCUT2D eigenvalue weighted by Crippen LogP contribution is -2.32. The number of amides is 1. The molecule has 1 aliphatic carbocycles. The lowest BCUT2D eigenvalue weighted by atomic mass is 9.80. The number of aliphatic hydroxyl groups is 1. The number of methoxy groups -OCH3 is 1. The molecular weight excluding hydrogens is 292 g/mol. The van der Waals surface area contributed by atoms with Crippen molar-refractivity contribution >= 4 is 16.8 Å². The average molecular weight is 314 g/mol. The van der Waals surface area contributed by atoms with E-state index in [2.05, 4.69) is 4.98 Å². The van der Waals surface area contributed by atoms with Gasteiger partial charge in [0.05, 0.1) is 13.2 Å². The van der Waals surface area contributed by atoms with Gasteiger partial charge in [0.15, 0.2) is 0 Å². The smallest absolute Gasteiger partial charge is 0.270 e. The Kier molecular flexibility index (Phi) is 3.53. The first-order valence-corrected chi connectivity index (χ1v) is 8.30. The van der Waals surface area contributed by atoms with E-state index in [0.717, 1.165) is 42.5 Å². The van der Waals surface area contributed by atoms with Gasteiger partial charge in [-0.25, -0.2) is 0 Å². The van der Waals surface area contributed by atoms with E-state index < -0.39 is 0 Å². The molecule has 0 bridgehead atoms. The Morgan fingerprint density at radius 2 is 2.17 bits per heavy atom. The Morgan fingerprint density at radius 1 is 1.30 bits per heavy atom. The fourth-order valence-corrected chi connectivity index (χ4v) is 4.13. The fraction of sp³-hybridized carbons (Fsp3) is 0.500. The molecule has 2 fully saturated rings. The average Bonchev–Trinajstić information content (AvgIpc) is 3.18. The number of ether oxygens (including phenoxy) is 1. The number of hydrogen-bond donors (Lipinski definition) is 2. The summed E-state index contributed by atoms with van der Waals surface area (Å²) in [5, 5.41) is 11.2. The highest BCUT2D eigenvalue weighted by molar-refractivity contribution is 5.98. The van der Waals surface area contributed by atoms with Gasteiger partial charge < -0.3 is 19.7 Å². The van der Waals surface area contributed by atoms with Gasteiger partial charge in [0.25, 0.3) is 5.91 Å². The molecule has 1 amide bonds. The van der Waals surface area contributed by atoms with E-state index in [9.17, 15) is 9.90 Å². The van der Waals surface area contributed by atoms with Gasteiger partial charge >= 0.3 is 0 Å². The number of aliphatic hydroxyl groups excluding tert-OH is 1. The van der Waals surface area contributed by atoms with Crippen molar-refractivity contribution in [2.24, 2.45) is 11.8 Å². The molecule has 1 aromatic carbocycles. The van der Waals surface area contributed by atoms with Gasteiger partial charge in [-0.2, -0.15) is 0 Å². The molecule has 2 aliphatic rings. The Labute approximate surface area is 135 Å². The molecule has 1 saturated carbocycles. The zero-order chi connectivity index (χ0) is 16.0. The van der Waals surface area contributed by atoms with Crippen molar-refractivity contribution in [3.8, 4) is 5.75 Å². The maximum atomic E-state index is 12.8. The third-order valence-corrected chi connectivity index (χ3v) is 5.41. The molecule has 1 saturated heterocycles. The summed E-state index contributed by atoms with van der Waals surface area (Å²) in [5.74, 6) is 1.50. The molecule has 5 heteroatoms. The van der Waals surface area contributed by atoms with Crippen molar-refractivity contribution in [2.75, 3.05) is 20.2 Å². The van der Waals surface area contributed by atoms with Crippen LogP contribution in [0.5, 0.6) is 5.75 Å². The minimum absolute atomic E-state index is 0.0294. The molecule has 5 nitrogen and oxygen atoms in total. The van der Waals surface area contributed by atoms with Crippen LogP contribution in [0.1, 0.15) is 29.8 Å². The van der Waals surface area contributed by atoms with Gasteiger partial charge in [0, 0.05) is 36.0 Å². The summed E-state index contributed by atoms with van der Waals surface area (Å²) in [4.78, 5) is 17.9. The minimum atomic E-state index is -0.251. The van der Waals surface area contributed by atoms with Crippen LogP contribution in [0.25, 0.3) is 10.9 Å². The van der Waals surface area contributed by atoms with Crippen molar-refractivity contribution in [1.82, 2.24) is 9.88 Å². The highest BCUT2D eigenvalue weighted by atomic mass is 16.5. The molecule has 122 valence electrons. The van der Waals surface area contributed by atoms with Gasteiger partial charge in [-0.1, -0.05) is 6.42 Å². The van der Waals surface area contributed by atoms with Gasteiger partial charge in [0.1, 0.15) is 11.4 Å². The second kappa shape index (κ2) is 5.57. The maximum Gasteiger partial charge on any atom is 0.270 e. The molecule has 23 heavy (non-hydrogen) atoms. The third-order valence-electron chi connectivity index (χ3n) is 5.41. The Balaban J connectivity index is 1.57. The van der Waals surface area contributed by atoms with Gasteiger partial charge in [0.2, 0.25) is 0 Å². The van der Waals surface area contributed by atoms with Crippen LogP contribution in [0, 0.1) is 11.8 Å². The first-order chi connectivity index (χ1) is 11.2. The predicted octanol–water partition coefficient (Wildman–Crippen LogP) is 2.41. The lowest BCUT2D eigenvalue weighted by Gasteiger charge is -2.28.